The second-order valence-electron chi connectivity index (χ2n) is 4.54. The Morgan fingerprint density at radius 3 is 3.00 bits per heavy atom. The Balaban J connectivity index is 2.04. The molecule has 2 aromatic rings. The number of aliphatic hydroxyl groups is 2. The van der Waals surface area contributed by atoms with Crippen molar-refractivity contribution in [1.82, 2.24) is 19.5 Å². The number of rotatable bonds is 2. The van der Waals surface area contributed by atoms with Gasteiger partial charge in [0.1, 0.15) is 18.0 Å². The third kappa shape index (κ3) is 2.11. The fourth-order valence-corrected chi connectivity index (χ4v) is 2.20. The summed E-state index contributed by atoms with van der Waals surface area (Å²) in [6.45, 7) is -0.331. The van der Waals surface area contributed by atoms with Gasteiger partial charge in [-0.25, -0.2) is 14.6 Å². The smallest absolute Gasteiger partial charge is 0.351 e. The van der Waals surface area contributed by atoms with Crippen LogP contribution < -0.4 is 11.4 Å². The van der Waals surface area contributed by atoms with E-state index in [2.05, 4.69) is 15.0 Å². The normalized spacial score (nSPS) is 26.2. The number of aromatic amines is 1. The van der Waals surface area contributed by atoms with Gasteiger partial charge in [-0.15, -0.1) is 0 Å². The van der Waals surface area contributed by atoms with Gasteiger partial charge in [0.05, 0.1) is 18.1 Å². The average molecular weight is 280 g/mol. The summed E-state index contributed by atoms with van der Waals surface area (Å²) in [7, 11) is 0. The van der Waals surface area contributed by atoms with E-state index in [4.69, 9.17) is 9.84 Å². The van der Waals surface area contributed by atoms with E-state index in [0.717, 1.165) is 0 Å². The minimum atomic E-state index is -0.846. The first-order chi connectivity index (χ1) is 9.58. The highest BCUT2D eigenvalue weighted by molar-refractivity contribution is 5.71. The number of hydrogen-bond donors (Lipinski definition) is 3. The minimum absolute atomic E-state index is 0.142. The van der Waals surface area contributed by atoms with E-state index in [0.29, 0.717) is 5.39 Å². The lowest BCUT2D eigenvalue weighted by Gasteiger charge is -2.14. The van der Waals surface area contributed by atoms with Gasteiger partial charge in [-0.05, 0) is 0 Å². The van der Waals surface area contributed by atoms with Crippen LogP contribution in [0.25, 0.3) is 11.0 Å². The van der Waals surface area contributed by atoms with Gasteiger partial charge < -0.3 is 14.9 Å². The number of fused-ring (bicyclic) bond motifs is 1. The molecule has 20 heavy (non-hydrogen) atoms. The molecule has 0 amide bonds. The van der Waals surface area contributed by atoms with Gasteiger partial charge in [-0.1, -0.05) is 0 Å². The van der Waals surface area contributed by atoms with Crippen LogP contribution in [0.2, 0.25) is 0 Å². The van der Waals surface area contributed by atoms with Crippen molar-refractivity contribution in [1.29, 1.82) is 0 Å². The zero-order valence-electron chi connectivity index (χ0n) is 10.3. The Bertz CT molecular complexity index is 754. The molecule has 9 nitrogen and oxygen atoms in total. The van der Waals surface area contributed by atoms with Gasteiger partial charge in [0.2, 0.25) is 0 Å². The SMILES string of the molecule is O=c1ncc2cn([C@H]3CC(O)[C@@H](CO)O3)c(=O)nc2[nH]1. The number of hydrogen-bond acceptors (Lipinski definition) is 7. The van der Waals surface area contributed by atoms with Crippen molar-refractivity contribution in [3.8, 4) is 0 Å². The van der Waals surface area contributed by atoms with Crippen LogP contribution in [0.3, 0.4) is 0 Å². The molecular formula is C11H12N4O5. The van der Waals surface area contributed by atoms with Crippen molar-refractivity contribution >= 4 is 11.0 Å². The van der Waals surface area contributed by atoms with Gasteiger partial charge in [-0.3, -0.25) is 9.55 Å². The number of aromatic nitrogens is 4. The van der Waals surface area contributed by atoms with Crippen molar-refractivity contribution in [3.05, 3.63) is 33.4 Å². The maximum absolute atomic E-state index is 11.9. The predicted molar refractivity (Wildman–Crippen MR) is 66.0 cm³/mol. The summed E-state index contributed by atoms with van der Waals surface area (Å²) in [6.07, 6.45) is 0.641. The molecule has 1 fully saturated rings. The molecule has 0 aliphatic carbocycles. The summed E-state index contributed by atoms with van der Waals surface area (Å²) < 4.78 is 6.60. The Hall–Kier alpha value is -2.10. The molecule has 0 aromatic carbocycles. The zero-order chi connectivity index (χ0) is 14.3. The van der Waals surface area contributed by atoms with Crippen molar-refractivity contribution in [2.75, 3.05) is 6.61 Å². The second-order valence-corrected chi connectivity index (χ2v) is 4.54. The topological polar surface area (TPSA) is 130 Å². The third-order valence-corrected chi connectivity index (χ3v) is 3.22. The standard InChI is InChI=1S/C11H12N4O5/c16-4-7-6(17)1-8(20-7)15-3-5-2-12-10(18)13-9(5)14-11(15)19/h2-3,6-8,16-17H,1,4H2,(H,13,14,18,19)/t6?,7-,8-/m1/s1. The lowest BCUT2D eigenvalue weighted by molar-refractivity contribution is -0.0457. The van der Waals surface area contributed by atoms with E-state index in [1.165, 1.54) is 17.0 Å². The number of H-pyrrole nitrogens is 1. The lowest BCUT2D eigenvalue weighted by atomic mass is 10.2. The van der Waals surface area contributed by atoms with E-state index < -0.39 is 29.8 Å². The maximum atomic E-state index is 11.9. The summed E-state index contributed by atoms with van der Waals surface area (Å²) >= 11 is 0. The number of nitrogens with one attached hydrogen (secondary N) is 1. The van der Waals surface area contributed by atoms with Crippen LogP contribution in [0.4, 0.5) is 0 Å². The molecule has 0 bridgehead atoms. The molecule has 0 saturated carbocycles. The van der Waals surface area contributed by atoms with Crippen molar-refractivity contribution in [2.45, 2.75) is 24.9 Å². The fraction of sp³-hybridized carbons (Fsp3) is 0.455. The summed E-state index contributed by atoms with van der Waals surface area (Å²) in [5.74, 6) is 0. The quantitative estimate of drug-likeness (QED) is 0.586. The monoisotopic (exact) mass is 280 g/mol. The van der Waals surface area contributed by atoms with Gasteiger partial charge in [0, 0.05) is 18.8 Å². The highest BCUT2D eigenvalue weighted by atomic mass is 16.5. The summed E-state index contributed by atoms with van der Waals surface area (Å²) in [4.78, 5) is 32.6. The molecule has 3 N–H and O–H groups in total. The summed E-state index contributed by atoms with van der Waals surface area (Å²) in [5, 5.41) is 19.2. The fourth-order valence-electron chi connectivity index (χ4n) is 2.20. The van der Waals surface area contributed by atoms with Crippen LogP contribution in [0, 0.1) is 0 Å². The van der Waals surface area contributed by atoms with Gasteiger partial charge in [0.15, 0.2) is 0 Å². The number of nitrogens with zero attached hydrogens (tertiary/aromatic N) is 3. The van der Waals surface area contributed by atoms with Crippen LogP contribution in [0.5, 0.6) is 0 Å². The first-order valence-corrected chi connectivity index (χ1v) is 6.01. The van der Waals surface area contributed by atoms with Crippen LogP contribution in [-0.2, 0) is 4.74 Å². The largest absolute Gasteiger partial charge is 0.394 e. The first-order valence-electron chi connectivity index (χ1n) is 6.01. The van der Waals surface area contributed by atoms with E-state index in [9.17, 15) is 14.7 Å². The molecule has 0 spiro atoms. The Morgan fingerprint density at radius 2 is 2.30 bits per heavy atom. The van der Waals surface area contributed by atoms with Crippen molar-refractivity contribution < 1.29 is 14.9 Å². The highest BCUT2D eigenvalue weighted by Crippen LogP contribution is 2.27. The second kappa shape index (κ2) is 4.78. The predicted octanol–water partition coefficient (Wildman–Crippen LogP) is -1.88. The van der Waals surface area contributed by atoms with Crippen LogP contribution >= 0.6 is 0 Å². The van der Waals surface area contributed by atoms with E-state index in [1.807, 2.05) is 0 Å². The molecule has 1 aliphatic heterocycles. The molecule has 1 unspecified atom stereocenters. The van der Waals surface area contributed by atoms with Crippen LogP contribution in [0.1, 0.15) is 12.6 Å². The van der Waals surface area contributed by atoms with E-state index in [-0.39, 0.29) is 18.7 Å². The average Bonchev–Trinajstić information content (AvgIpc) is 2.79. The van der Waals surface area contributed by atoms with Gasteiger partial charge in [-0.2, -0.15) is 4.98 Å². The molecule has 3 rings (SSSR count). The van der Waals surface area contributed by atoms with Crippen LogP contribution in [-0.4, -0.2) is 48.5 Å². The van der Waals surface area contributed by atoms with Gasteiger partial charge >= 0.3 is 11.4 Å². The molecular weight excluding hydrogens is 268 g/mol. The molecule has 106 valence electrons. The van der Waals surface area contributed by atoms with Crippen molar-refractivity contribution in [2.24, 2.45) is 0 Å². The maximum Gasteiger partial charge on any atom is 0.351 e. The minimum Gasteiger partial charge on any atom is -0.394 e. The molecule has 3 atom stereocenters. The molecule has 0 radical (unpaired) electrons. The van der Waals surface area contributed by atoms with Crippen LogP contribution in [0.15, 0.2) is 22.0 Å². The lowest BCUT2D eigenvalue weighted by Crippen LogP contribution is -2.28. The first kappa shape index (κ1) is 12.9. The Labute approximate surface area is 111 Å². The molecule has 2 aromatic heterocycles. The molecule has 3 heterocycles. The highest BCUT2D eigenvalue weighted by Gasteiger charge is 2.35. The Kier molecular flexibility index (Phi) is 3.08. The van der Waals surface area contributed by atoms with Crippen molar-refractivity contribution in [3.63, 3.8) is 0 Å². The molecule has 9 heteroatoms. The van der Waals surface area contributed by atoms with Gasteiger partial charge in [0.25, 0.3) is 0 Å². The Morgan fingerprint density at radius 1 is 1.50 bits per heavy atom. The molecule has 1 saturated heterocycles. The van der Waals surface area contributed by atoms with E-state index in [1.54, 1.807) is 0 Å². The molecule has 1 aliphatic rings. The zero-order valence-corrected chi connectivity index (χ0v) is 10.3. The summed E-state index contributed by atoms with van der Waals surface area (Å²) in [6, 6.07) is 0. The summed E-state index contributed by atoms with van der Waals surface area (Å²) in [5.41, 5.74) is -1.06. The van der Waals surface area contributed by atoms with E-state index >= 15 is 0 Å². The number of aliphatic hydroxyl groups excluding tert-OH is 2. The number of ether oxygens (including phenoxy) is 1. The third-order valence-electron chi connectivity index (χ3n) is 3.22.